The van der Waals surface area contributed by atoms with Crippen molar-refractivity contribution in [2.45, 2.75) is 25.4 Å². The van der Waals surface area contributed by atoms with Crippen LogP contribution in [-0.2, 0) is 6.54 Å². The molecule has 1 atom stereocenters. The monoisotopic (exact) mass is 448 g/mol. The van der Waals surface area contributed by atoms with E-state index in [4.69, 9.17) is 0 Å². The van der Waals surface area contributed by atoms with Gasteiger partial charge in [-0.15, -0.1) is 16.4 Å². The van der Waals surface area contributed by atoms with E-state index in [0.29, 0.717) is 6.04 Å². The summed E-state index contributed by atoms with van der Waals surface area (Å²) < 4.78 is 2.14. The molecule has 4 fully saturated rings. The van der Waals surface area contributed by atoms with Gasteiger partial charge in [0.1, 0.15) is 5.69 Å². The third-order valence-corrected chi connectivity index (χ3v) is 8.73. The number of benzene rings is 1. The molecule has 0 aliphatic carbocycles. The zero-order chi connectivity index (χ0) is 21.5. The molecule has 7 rings (SSSR count). The number of piperidine rings is 3. The predicted octanol–water partition coefficient (Wildman–Crippen LogP) is 3.69. The van der Waals surface area contributed by atoms with Crippen molar-refractivity contribution < 1.29 is 0 Å². The van der Waals surface area contributed by atoms with Gasteiger partial charge in [0, 0.05) is 44.1 Å². The minimum Gasteiger partial charge on any atom is -0.304 e. The average Bonchev–Trinajstić information content (AvgIpc) is 3.52. The summed E-state index contributed by atoms with van der Waals surface area (Å²) in [5, 5.41) is 9.06. The Morgan fingerprint density at radius 2 is 1.66 bits per heavy atom. The molecular weight excluding hydrogens is 416 g/mol. The Bertz CT molecular complexity index is 1040. The molecule has 0 saturated carbocycles. The Morgan fingerprint density at radius 3 is 2.38 bits per heavy atom. The van der Waals surface area contributed by atoms with Crippen LogP contribution >= 0.6 is 11.3 Å². The number of rotatable bonds is 5. The highest BCUT2D eigenvalue weighted by molar-refractivity contribution is 7.18. The van der Waals surface area contributed by atoms with Crippen LogP contribution in [0.4, 0.5) is 0 Å². The van der Waals surface area contributed by atoms with Crippen LogP contribution in [0.1, 0.15) is 24.4 Å². The first-order valence-corrected chi connectivity index (χ1v) is 12.8. The Kier molecular flexibility index (Phi) is 5.59. The molecule has 2 bridgehead atoms. The van der Waals surface area contributed by atoms with E-state index in [-0.39, 0.29) is 0 Å². The molecule has 32 heavy (non-hydrogen) atoms. The third-order valence-electron chi connectivity index (χ3n) is 7.57. The highest BCUT2D eigenvalue weighted by atomic mass is 32.1. The Hall–Kier alpha value is -2.06. The Balaban J connectivity index is 1.13. The predicted molar refractivity (Wildman–Crippen MR) is 130 cm³/mol. The standard InChI is InChI=1S/C25H32N6S/c1-28-12-14-30(15-13-28)16-19-2-4-21(5-3-19)24-6-7-25(32-24)22-17-31(27-26-22)23-18-29-10-8-20(23)9-11-29/h2-7,17,20,23H,8-16,18H2,1H3/t23-/m0/s1. The van der Waals surface area contributed by atoms with Crippen LogP contribution in [0.3, 0.4) is 0 Å². The fourth-order valence-electron chi connectivity index (χ4n) is 5.45. The molecule has 0 N–H and O–H groups in total. The molecule has 4 saturated heterocycles. The molecular formula is C25H32N6S. The summed E-state index contributed by atoms with van der Waals surface area (Å²) in [4.78, 5) is 10.0. The van der Waals surface area contributed by atoms with Gasteiger partial charge in [-0.2, -0.15) is 0 Å². The van der Waals surface area contributed by atoms with Crippen molar-refractivity contribution in [2.24, 2.45) is 5.92 Å². The minimum absolute atomic E-state index is 0.492. The Labute approximate surface area is 194 Å². The fraction of sp³-hybridized carbons (Fsp3) is 0.520. The van der Waals surface area contributed by atoms with Crippen LogP contribution in [-0.4, -0.2) is 82.6 Å². The summed E-state index contributed by atoms with van der Waals surface area (Å²) in [7, 11) is 2.21. The van der Waals surface area contributed by atoms with E-state index in [1.807, 2.05) is 11.3 Å². The maximum absolute atomic E-state index is 4.53. The van der Waals surface area contributed by atoms with E-state index >= 15 is 0 Å². The average molecular weight is 449 g/mol. The van der Waals surface area contributed by atoms with Crippen molar-refractivity contribution in [2.75, 3.05) is 52.9 Å². The summed E-state index contributed by atoms with van der Waals surface area (Å²) in [5.41, 5.74) is 3.69. The van der Waals surface area contributed by atoms with Gasteiger partial charge in [-0.3, -0.25) is 4.90 Å². The van der Waals surface area contributed by atoms with Crippen LogP contribution in [0, 0.1) is 5.92 Å². The largest absolute Gasteiger partial charge is 0.304 e. The van der Waals surface area contributed by atoms with Crippen LogP contribution in [0.5, 0.6) is 0 Å². The second kappa shape index (κ2) is 8.71. The molecule has 3 aromatic rings. The number of thiophene rings is 1. The molecule has 4 aliphatic rings. The molecule has 6 nitrogen and oxygen atoms in total. The maximum atomic E-state index is 4.53. The third kappa shape index (κ3) is 4.15. The maximum Gasteiger partial charge on any atom is 0.123 e. The normalized spacial score (nSPS) is 26.6. The quantitative estimate of drug-likeness (QED) is 0.595. The first-order chi connectivity index (χ1) is 15.7. The summed E-state index contributed by atoms with van der Waals surface area (Å²) in [6.07, 6.45) is 4.77. The lowest BCUT2D eigenvalue weighted by Crippen LogP contribution is -2.48. The number of aromatic nitrogens is 3. The molecule has 168 valence electrons. The molecule has 0 radical (unpaired) electrons. The number of likely N-dealkylation sites (N-methyl/N-ethyl adjacent to an activating group) is 1. The number of piperazine rings is 1. The topological polar surface area (TPSA) is 40.4 Å². The molecule has 7 heteroatoms. The second-order valence-electron chi connectivity index (χ2n) is 9.73. The molecule has 0 amide bonds. The van der Waals surface area contributed by atoms with E-state index in [0.717, 1.165) is 37.8 Å². The number of hydrogen-bond acceptors (Lipinski definition) is 6. The number of fused-ring (bicyclic) bond motifs is 3. The van der Waals surface area contributed by atoms with E-state index < -0.39 is 0 Å². The summed E-state index contributed by atoms with van der Waals surface area (Å²) in [6, 6.07) is 14.0. The first-order valence-electron chi connectivity index (χ1n) is 12.0. The lowest BCUT2D eigenvalue weighted by atomic mass is 9.84. The van der Waals surface area contributed by atoms with Gasteiger partial charge in [-0.25, -0.2) is 4.68 Å². The van der Waals surface area contributed by atoms with E-state index in [1.165, 1.54) is 59.9 Å². The van der Waals surface area contributed by atoms with Crippen molar-refractivity contribution in [1.29, 1.82) is 0 Å². The lowest BCUT2D eigenvalue weighted by molar-refractivity contribution is 0.0504. The van der Waals surface area contributed by atoms with Crippen LogP contribution in [0.2, 0.25) is 0 Å². The van der Waals surface area contributed by atoms with Gasteiger partial charge < -0.3 is 9.80 Å². The van der Waals surface area contributed by atoms with Crippen molar-refractivity contribution in [3.05, 3.63) is 48.2 Å². The van der Waals surface area contributed by atoms with Crippen molar-refractivity contribution in [3.8, 4) is 21.0 Å². The zero-order valence-corrected chi connectivity index (χ0v) is 19.7. The van der Waals surface area contributed by atoms with E-state index in [2.05, 4.69) is 79.3 Å². The molecule has 2 aromatic heterocycles. The van der Waals surface area contributed by atoms with Crippen LogP contribution in [0.15, 0.2) is 42.6 Å². The zero-order valence-electron chi connectivity index (χ0n) is 18.9. The summed E-state index contributed by atoms with van der Waals surface area (Å²) >= 11 is 1.81. The van der Waals surface area contributed by atoms with Gasteiger partial charge >= 0.3 is 0 Å². The van der Waals surface area contributed by atoms with Gasteiger partial charge in [-0.1, -0.05) is 29.5 Å². The fourth-order valence-corrected chi connectivity index (χ4v) is 6.42. The van der Waals surface area contributed by atoms with Gasteiger partial charge in [-0.05, 0) is 62.2 Å². The van der Waals surface area contributed by atoms with Crippen molar-refractivity contribution >= 4 is 11.3 Å². The van der Waals surface area contributed by atoms with Gasteiger partial charge in [0.05, 0.1) is 17.1 Å². The van der Waals surface area contributed by atoms with E-state index in [9.17, 15) is 0 Å². The first kappa shape index (κ1) is 20.5. The highest BCUT2D eigenvalue weighted by Crippen LogP contribution is 2.37. The van der Waals surface area contributed by atoms with E-state index in [1.54, 1.807) is 0 Å². The van der Waals surface area contributed by atoms with Crippen molar-refractivity contribution in [1.82, 2.24) is 29.7 Å². The van der Waals surface area contributed by atoms with Gasteiger partial charge in [0.2, 0.25) is 0 Å². The molecule has 4 aliphatic heterocycles. The lowest BCUT2D eigenvalue weighted by Gasteiger charge is -2.44. The summed E-state index contributed by atoms with van der Waals surface area (Å²) in [6.45, 7) is 9.34. The van der Waals surface area contributed by atoms with Gasteiger partial charge in [0.25, 0.3) is 0 Å². The van der Waals surface area contributed by atoms with Crippen molar-refractivity contribution in [3.63, 3.8) is 0 Å². The summed E-state index contributed by atoms with van der Waals surface area (Å²) in [5.74, 6) is 0.762. The Morgan fingerprint density at radius 1 is 0.906 bits per heavy atom. The molecule has 1 aromatic carbocycles. The molecule has 6 heterocycles. The highest BCUT2D eigenvalue weighted by Gasteiger charge is 2.35. The second-order valence-corrected chi connectivity index (χ2v) is 10.8. The minimum atomic E-state index is 0.492. The van der Waals surface area contributed by atoms with Gasteiger partial charge in [0.15, 0.2) is 0 Å². The molecule has 0 unspecified atom stereocenters. The number of hydrogen-bond donors (Lipinski definition) is 0. The number of nitrogens with zero attached hydrogens (tertiary/aromatic N) is 6. The smallest absolute Gasteiger partial charge is 0.123 e. The van der Waals surface area contributed by atoms with Crippen LogP contribution < -0.4 is 0 Å². The SMILES string of the molecule is CN1CCN(Cc2ccc(-c3ccc(-c4cn([C@H]5CN6CCC5CC6)nn4)s3)cc2)CC1. The van der Waals surface area contributed by atoms with Crippen LogP contribution in [0.25, 0.3) is 21.0 Å². The molecule has 0 spiro atoms.